The molecule has 2 N–H and O–H groups in total. The minimum Gasteiger partial charge on any atom is -0.363 e. The number of H-pyrrole nitrogens is 1. The fourth-order valence-electron chi connectivity index (χ4n) is 3.59. The Balaban J connectivity index is 1.80. The van der Waals surface area contributed by atoms with E-state index in [9.17, 15) is 9.90 Å². The number of aromatic amines is 1. The standard InChI is InChI=1S/C20H14N4O2/c25-19-15-5-1-2-6-16(15)20(26,24(19)14-4-3-9-21-11-14)13-7-8-17-18(10-13)23-12-22-17/h1-12,26H,(H,22,23). The van der Waals surface area contributed by atoms with Crippen LogP contribution in [0.4, 0.5) is 5.69 Å². The molecule has 0 spiro atoms. The lowest BCUT2D eigenvalue weighted by Gasteiger charge is -2.34. The first-order chi connectivity index (χ1) is 12.7. The molecular formula is C20H14N4O2. The van der Waals surface area contributed by atoms with Crippen LogP contribution in [-0.2, 0) is 5.72 Å². The molecule has 0 aliphatic carbocycles. The molecule has 0 saturated heterocycles. The number of aromatic nitrogens is 3. The maximum absolute atomic E-state index is 13.1. The molecule has 6 nitrogen and oxygen atoms in total. The van der Waals surface area contributed by atoms with Gasteiger partial charge in [0.15, 0.2) is 5.72 Å². The number of pyridine rings is 1. The normalized spacial score (nSPS) is 19.1. The number of carbonyl (C=O) groups is 1. The van der Waals surface area contributed by atoms with Crippen LogP contribution in [0.5, 0.6) is 0 Å². The van der Waals surface area contributed by atoms with Crippen LogP contribution in [0.1, 0.15) is 21.5 Å². The fourth-order valence-corrected chi connectivity index (χ4v) is 3.59. The maximum Gasteiger partial charge on any atom is 0.261 e. The van der Waals surface area contributed by atoms with Gasteiger partial charge in [-0.3, -0.25) is 14.7 Å². The predicted octanol–water partition coefficient (Wildman–Crippen LogP) is 2.81. The van der Waals surface area contributed by atoms with Crippen molar-refractivity contribution in [2.24, 2.45) is 0 Å². The van der Waals surface area contributed by atoms with Gasteiger partial charge in [-0.25, -0.2) is 4.98 Å². The van der Waals surface area contributed by atoms with E-state index < -0.39 is 5.72 Å². The van der Waals surface area contributed by atoms with E-state index in [4.69, 9.17) is 0 Å². The molecule has 2 aromatic carbocycles. The number of anilines is 1. The molecule has 5 rings (SSSR count). The van der Waals surface area contributed by atoms with Gasteiger partial charge >= 0.3 is 0 Å². The van der Waals surface area contributed by atoms with E-state index in [1.165, 1.54) is 4.90 Å². The van der Waals surface area contributed by atoms with E-state index in [1.807, 2.05) is 18.2 Å². The third-order valence-corrected chi connectivity index (χ3v) is 4.79. The number of amides is 1. The van der Waals surface area contributed by atoms with Crippen LogP contribution in [0.15, 0.2) is 73.3 Å². The summed E-state index contributed by atoms with van der Waals surface area (Å²) in [4.78, 5) is 25.9. The van der Waals surface area contributed by atoms with E-state index in [1.54, 1.807) is 55.1 Å². The van der Waals surface area contributed by atoms with Gasteiger partial charge in [0.05, 0.1) is 29.2 Å². The molecule has 1 amide bonds. The quantitative estimate of drug-likeness (QED) is 0.587. The number of hydrogen-bond donors (Lipinski definition) is 2. The molecule has 2 aromatic heterocycles. The predicted molar refractivity (Wildman–Crippen MR) is 96.6 cm³/mol. The van der Waals surface area contributed by atoms with E-state index in [2.05, 4.69) is 15.0 Å². The van der Waals surface area contributed by atoms with Crippen LogP contribution in [-0.4, -0.2) is 26.0 Å². The van der Waals surface area contributed by atoms with Crippen molar-refractivity contribution in [2.75, 3.05) is 4.90 Å². The highest BCUT2D eigenvalue weighted by atomic mass is 16.3. The molecule has 1 unspecified atom stereocenters. The summed E-state index contributed by atoms with van der Waals surface area (Å²) in [6.45, 7) is 0. The molecule has 0 radical (unpaired) electrons. The molecule has 1 atom stereocenters. The average molecular weight is 342 g/mol. The van der Waals surface area contributed by atoms with Gasteiger partial charge in [-0.2, -0.15) is 0 Å². The van der Waals surface area contributed by atoms with Gasteiger partial charge in [0.1, 0.15) is 0 Å². The number of benzene rings is 2. The topological polar surface area (TPSA) is 82.1 Å². The summed E-state index contributed by atoms with van der Waals surface area (Å²) >= 11 is 0. The second-order valence-corrected chi connectivity index (χ2v) is 6.20. The molecule has 126 valence electrons. The van der Waals surface area contributed by atoms with Gasteiger partial charge in [-0.05, 0) is 30.3 Å². The van der Waals surface area contributed by atoms with Crippen molar-refractivity contribution in [3.63, 3.8) is 0 Å². The number of imidazole rings is 1. The summed E-state index contributed by atoms with van der Waals surface area (Å²) in [5.41, 5.74) is 2.09. The van der Waals surface area contributed by atoms with Gasteiger partial charge in [0.25, 0.3) is 5.91 Å². The molecule has 0 fully saturated rings. The summed E-state index contributed by atoms with van der Waals surface area (Å²) in [6, 6.07) is 16.1. The van der Waals surface area contributed by atoms with E-state index >= 15 is 0 Å². The third-order valence-electron chi connectivity index (χ3n) is 4.79. The molecule has 1 aliphatic heterocycles. The van der Waals surface area contributed by atoms with Gasteiger partial charge in [0.2, 0.25) is 0 Å². The van der Waals surface area contributed by atoms with Crippen molar-refractivity contribution in [1.82, 2.24) is 15.0 Å². The highest BCUT2D eigenvalue weighted by Gasteiger charge is 2.50. The van der Waals surface area contributed by atoms with Crippen molar-refractivity contribution in [3.8, 4) is 0 Å². The van der Waals surface area contributed by atoms with Crippen molar-refractivity contribution in [3.05, 3.63) is 90.0 Å². The Morgan fingerprint density at radius 2 is 1.96 bits per heavy atom. The summed E-state index contributed by atoms with van der Waals surface area (Å²) in [7, 11) is 0. The number of nitrogens with zero attached hydrogens (tertiary/aromatic N) is 3. The molecular weight excluding hydrogens is 328 g/mol. The summed E-state index contributed by atoms with van der Waals surface area (Å²) in [6.07, 6.45) is 4.81. The Kier molecular flexibility index (Phi) is 2.98. The summed E-state index contributed by atoms with van der Waals surface area (Å²) < 4.78 is 0. The Morgan fingerprint density at radius 3 is 2.81 bits per heavy atom. The fraction of sp³-hybridized carbons (Fsp3) is 0.0500. The molecule has 1 aliphatic rings. The number of rotatable bonds is 2. The van der Waals surface area contributed by atoms with Gasteiger partial charge < -0.3 is 10.1 Å². The lowest BCUT2D eigenvalue weighted by atomic mass is 9.93. The zero-order valence-corrected chi connectivity index (χ0v) is 13.6. The zero-order valence-electron chi connectivity index (χ0n) is 13.6. The minimum atomic E-state index is -1.63. The van der Waals surface area contributed by atoms with Crippen molar-refractivity contribution in [2.45, 2.75) is 5.72 Å². The van der Waals surface area contributed by atoms with E-state index in [0.717, 1.165) is 11.0 Å². The Hall–Kier alpha value is -3.51. The van der Waals surface area contributed by atoms with Crippen LogP contribution in [0.3, 0.4) is 0 Å². The second kappa shape index (κ2) is 5.24. The molecule has 0 bridgehead atoms. The maximum atomic E-state index is 13.1. The van der Waals surface area contributed by atoms with Crippen LogP contribution in [0.25, 0.3) is 11.0 Å². The lowest BCUT2D eigenvalue weighted by Crippen LogP contribution is -2.45. The minimum absolute atomic E-state index is 0.263. The number of aliphatic hydroxyl groups is 1. The van der Waals surface area contributed by atoms with E-state index in [-0.39, 0.29) is 5.91 Å². The number of fused-ring (bicyclic) bond motifs is 2. The third kappa shape index (κ3) is 1.87. The van der Waals surface area contributed by atoms with Gasteiger partial charge in [-0.15, -0.1) is 0 Å². The monoisotopic (exact) mass is 342 g/mol. The molecule has 0 saturated carbocycles. The number of hydrogen-bond acceptors (Lipinski definition) is 4. The Labute approximate surface area is 148 Å². The van der Waals surface area contributed by atoms with Crippen LogP contribution in [0, 0.1) is 0 Å². The molecule has 26 heavy (non-hydrogen) atoms. The lowest BCUT2D eigenvalue weighted by molar-refractivity contribution is 0.0703. The number of carbonyl (C=O) groups excluding carboxylic acids is 1. The highest BCUT2D eigenvalue weighted by molar-refractivity contribution is 6.12. The van der Waals surface area contributed by atoms with E-state index in [0.29, 0.717) is 22.4 Å². The molecule has 3 heterocycles. The first-order valence-electron chi connectivity index (χ1n) is 8.19. The van der Waals surface area contributed by atoms with Crippen LogP contribution >= 0.6 is 0 Å². The Bertz CT molecular complexity index is 1140. The molecule has 4 aromatic rings. The summed E-state index contributed by atoms with van der Waals surface area (Å²) in [5, 5.41) is 11.8. The average Bonchev–Trinajstić information content (AvgIpc) is 3.24. The van der Waals surface area contributed by atoms with Crippen molar-refractivity contribution in [1.29, 1.82) is 0 Å². The first-order valence-corrected chi connectivity index (χ1v) is 8.19. The SMILES string of the molecule is O=C1c2ccccc2C(O)(c2ccc3nc[nH]c3c2)N1c1cccnc1. The Morgan fingerprint density at radius 1 is 1.08 bits per heavy atom. The largest absolute Gasteiger partial charge is 0.363 e. The van der Waals surface area contributed by atoms with Crippen LogP contribution < -0.4 is 4.90 Å². The molecule has 6 heteroatoms. The smallest absolute Gasteiger partial charge is 0.261 e. The van der Waals surface area contributed by atoms with Crippen molar-refractivity contribution >= 4 is 22.6 Å². The number of nitrogens with one attached hydrogen (secondary N) is 1. The van der Waals surface area contributed by atoms with Crippen molar-refractivity contribution < 1.29 is 9.90 Å². The first kappa shape index (κ1) is 14.8. The van der Waals surface area contributed by atoms with Crippen LogP contribution in [0.2, 0.25) is 0 Å². The summed E-state index contributed by atoms with van der Waals surface area (Å²) in [5.74, 6) is -0.263. The van der Waals surface area contributed by atoms with Gasteiger partial charge in [-0.1, -0.05) is 24.3 Å². The zero-order chi connectivity index (χ0) is 17.7. The second-order valence-electron chi connectivity index (χ2n) is 6.20. The van der Waals surface area contributed by atoms with Gasteiger partial charge in [0, 0.05) is 22.9 Å². The highest BCUT2D eigenvalue weighted by Crippen LogP contribution is 2.44.